The topological polar surface area (TPSA) is 53.6 Å². The summed E-state index contributed by atoms with van der Waals surface area (Å²) in [7, 11) is 2.19. The maximum absolute atomic E-state index is 12.5. The fourth-order valence-electron chi connectivity index (χ4n) is 4.01. The van der Waals surface area contributed by atoms with Gasteiger partial charge in [-0.3, -0.25) is 4.90 Å². The summed E-state index contributed by atoms with van der Waals surface area (Å²) in [6.07, 6.45) is 6.69. The highest BCUT2D eigenvalue weighted by Gasteiger charge is 2.19. The number of carbonyl (C=O) groups excluding carboxylic acids is 1. The van der Waals surface area contributed by atoms with Gasteiger partial charge in [-0.2, -0.15) is 0 Å². The number of amides is 2. The van der Waals surface area contributed by atoms with Crippen LogP contribution in [0.5, 0.6) is 5.75 Å². The molecule has 0 heterocycles. The first-order chi connectivity index (χ1) is 14.5. The highest BCUT2D eigenvalue weighted by atomic mass is 16.5. The first-order valence-electron chi connectivity index (χ1n) is 11.1. The van der Waals surface area contributed by atoms with Crippen LogP contribution in [0.1, 0.15) is 57.1 Å². The standard InChI is InChI=1S/C25H35N3O2/c1-19(2)30-23-15-13-20(14-16-23)17-26-25(29)27-24-12-8-7-9-21(24)18-28(3)22-10-5-4-6-11-22/h7-9,12-16,19,22H,4-6,10-11,17-18H2,1-3H3,(H2,26,27,29). The number of hydrogen-bond acceptors (Lipinski definition) is 3. The van der Waals surface area contributed by atoms with E-state index in [2.05, 4.69) is 28.6 Å². The van der Waals surface area contributed by atoms with Gasteiger partial charge in [-0.25, -0.2) is 4.79 Å². The minimum atomic E-state index is -0.190. The van der Waals surface area contributed by atoms with Crippen LogP contribution >= 0.6 is 0 Å². The Bertz CT molecular complexity index is 798. The molecule has 0 atom stereocenters. The van der Waals surface area contributed by atoms with E-state index in [0.717, 1.165) is 29.1 Å². The summed E-state index contributed by atoms with van der Waals surface area (Å²) in [6, 6.07) is 16.4. The normalized spacial score (nSPS) is 14.7. The number of urea groups is 1. The molecule has 0 saturated heterocycles. The van der Waals surface area contributed by atoms with Gasteiger partial charge in [0.25, 0.3) is 0 Å². The molecular formula is C25H35N3O2. The Hall–Kier alpha value is -2.53. The minimum Gasteiger partial charge on any atom is -0.491 e. The highest BCUT2D eigenvalue weighted by Crippen LogP contribution is 2.25. The molecule has 3 rings (SSSR count). The molecule has 0 aliphatic heterocycles. The Balaban J connectivity index is 1.52. The van der Waals surface area contributed by atoms with Crippen LogP contribution in [0.2, 0.25) is 0 Å². The van der Waals surface area contributed by atoms with Gasteiger partial charge >= 0.3 is 6.03 Å². The van der Waals surface area contributed by atoms with E-state index in [-0.39, 0.29) is 12.1 Å². The summed E-state index contributed by atoms with van der Waals surface area (Å²) >= 11 is 0. The number of ether oxygens (including phenoxy) is 1. The zero-order valence-electron chi connectivity index (χ0n) is 18.5. The monoisotopic (exact) mass is 409 g/mol. The van der Waals surface area contributed by atoms with Gasteiger partial charge < -0.3 is 15.4 Å². The van der Waals surface area contributed by atoms with Crippen LogP contribution in [0.25, 0.3) is 0 Å². The average molecular weight is 410 g/mol. The molecule has 1 fully saturated rings. The lowest BCUT2D eigenvalue weighted by Crippen LogP contribution is -2.33. The van der Waals surface area contributed by atoms with E-state index in [9.17, 15) is 4.79 Å². The van der Waals surface area contributed by atoms with E-state index in [1.807, 2.05) is 56.3 Å². The molecule has 2 aromatic rings. The molecular weight excluding hydrogens is 374 g/mol. The molecule has 1 aliphatic carbocycles. The van der Waals surface area contributed by atoms with E-state index < -0.39 is 0 Å². The van der Waals surface area contributed by atoms with Crippen molar-refractivity contribution in [2.75, 3.05) is 12.4 Å². The molecule has 2 aromatic carbocycles. The zero-order chi connectivity index (χ0) is 21.3. The Morgan fingerprint density at radius 2 is 1.77 bits per heavy atom. The summed E-state index contributed by atoms with van der Waals surface area (Å²) in [5.74, 6) is 0.842. The number of anilines is 1. The lowest BCUT2D eigenvalue weighted by atomic mass is 9.94. The molecule has 0 spiro atoms. The molecule has 0 bridgehead atoms. The second-order valence-corrected chi connectivity index (χ2v) is 8.48. The van der Waals surface area contributed by atoms with Crippen molar-refractivity contribution < 1.29 is 9.53 Å². The van der Waals surface area contributed by atoms with Crippen LogP contribution in [0.3, 0.4) is 0 Å². The summed E-state index contributed by atoms with van der Waals surface area (Å²) in [4.78, 5) is 14.9. The van der Waals surface area contributed by atoms with Gasteiger partial charge in [0, 0.05) is 24.8 Å². The van der Waals surface area contributed by atoms with Gasteiger partial charge in [-0.15, -0.1) is 0 Å². The van der Waals surface area contributed by atoms with Crippen LogP contribution < -0.4 is 15.4 Å². The van der Waals surface area contributed by atoms with Crippen molar-refractivity contribution in [3.63, 3.8) is 0 Å². The van der Waals surface area contributed by atoms with E-state index in [4.69, 9.17) is 4.74 Å². The third-order valence-electron chi connectivity index (χ3n) is 5.63. The van der Waals surface area contributed by atoms with E-state index in [1.54, 1.807) is 0 Å². The molecule has 2 N–H and O–H groups in total. The molecule has 0 unspecified atom stereocenters. The van der Waals surface area contributed by atoms with Crippen LogP contribution in [0.4, 0.5) is 10.5 Å². The van der Waals surface area contributed by atoms with Gasteiger partial charge in [-0.05, 0) is 63.1 Å². The van der Waals surface area contributed by atoms with Crippen LogP contribution in [0.15, 0.2) is 48.5 Å². The van der Waals surface area contributed by atoms with Crippen LogP contribution in [-0.2, 0) is 13.1 Å². The van der Waals surface area contributed by atoms with Gasteiger partial charge in [0.1, 0.15) is 5.75 Å². The molecule has 5 nitrogen and oxygen atoms in total. The quantitative estimate of drug-likeness (QED) is 0.600. The average Bonchev–Trinajstić information content (AvgIpc) is 2.75. The molecule has 2 amide bonds. The van der Waals surface area contributed by atoms with Crippen molar-refractivity contribution in [1.29, 1.82) is 0 Å². The molecule has 0 aromatic heterocycles. The fourth-order valence-corrected chi connectivity index (χ4v) is 4.01. The second-order valence-electron chi connectivity index (χ2n) is 8.48. The number of hydrogen-bond donors (Lipinski definition) is 2. The first kappa shape index (κ1) is 22.2. The number of carbonyl (C=O) groups is 1. The number of nitrogens with one attached hydrogen (secondary N) is 2. The SMILES string of the molecule is CC(C)Oc1ccc(CNC(=O)Nc2ccccc2CN(C)C2CCCCC2)cc1. The van der Waals surface area contributed by atoms with Crippen molar-refractivity contribution in [2.24, 2.45) is 0 Å². The maximum Gasteiger partial charge on any atom is 0.319 e. The van der Waals surface area contributed by atoms with E-state index >= 15 is 0 Å². The second kappa shape index (κ2) is 11.0. The number of rotatable bonds is 8. The Morgan fingerprint density at radius 3 is 2.47 bits per heavy atom. The largest absolute Gasteiger partial charge is 0.491 e. The van der Waals surface area contributed by atoms with E-state index in [0.29, 0.717) is 12.6 Å². The predicted molar refractivity (Wildman–Crippen MR) is 123 cm³/mol. The molecule has 1 aliphatic rings. The first-order valence-corrected chi connectivity index (χ1v) is 11.1. The predicted octanol–water partition coefficient (Wildman–Crippen LogP) is 5.56. The van der Waals surface area contributed by atoms with Crippen LogP contribution in [0, 0.1) is 0 Å². The van der Waals surface area contributed by atoms with Crippen molar-refractivity contribution in [3.05, 3.63) is 59.7 Å². The Kier molecular flexibility index (Phi) is 8.14. The van der Waals surface area contributed by atoms with Crippen LogP contribution in [-0.4, -0.2) is 30.1 Å². The molecule has 30 heavy (non-hydrogen) atoms. The number of benzene rings is 2. The maximum atomic E-state index is 12.5. The van der Waals surface area contributed by atoms with Crippen molar-refractivity contribution in [2.45, 2.75) is 71.2 Å². The molecule has 0 radical (unpaired) electrons. The summed E-state index contributed by atoms with van der Waals surface area (Å²) in [5, 5.41) is 5.97. The van der Waals surface area contributed by atoms with Gasteiger partial charge in [0.15, 0.2) is 0 Å². The van der Waals surface area contributed by atoms with Crippen molar-refractivity contribution in [3.8, 4) is 5.75 Å². The third kappa shape index (κ3) is 6.77. The van der Waals surface area contributed by atoms with Gasteiger partial charge in [0.2, 0.25) is 0 Å². The fraction of sp³-hybridized carbons (Fsp3) is 0.480. The minimum absolute atomic E-state index is 0.150. The Labute approximate surface area is 180 Å². The molecule has 5 heteroatoms. The van der Waals surface area contributed by atoms with Crippen molar-refractivity contribution >= 4 is 11.7 Å². The number of para-hydroxylation sites is 1. The van der Waals surface area contributed by atoms with Gasteiger partial charge in [-0.1, -0.05) is 49.6 Å². The molecule has 162 valence electrons. The smallest absolute Gasteiger partial charge is 0.319 e. The third-order valence-corrected chi connectivity index (χ3v) is 5.63. The summed E-state index contributed by atoms with van der Waals surface area (Å²) in [5.41, 5.74) is 3.06. The van der Waals surface area contributed by atoms with Gasteiger partial charge in [0.05, 0.1) is 6.10 Å². The lowest BCUT2D eigenvalue weighted by Gasteiger charge is -2.31. The lowest BCUT2D eigenvalue weighted by molar-refractivity contribution is 0.185. The molecule has 1 saturated carbocycles. The van der Waals surface area contributed by atoms with Crippen molar-refractivity contribution in [1.82, 2.24) is 10.2 Å². The summed E-state index contributed by atoms with van der Waals surface area (Å²) in [6.45, 7) is 5.32. The number of nitrogens with zero attached hydrogens (tertiary/aromatic N) is 1. The zero-order valence-corrected chi connectivity index (χ0v) is 18.5. The Morgan fingerprint density at radius 1 is 1.07 bits per heavy atom. The highest BCUT2D eigenvalue weighted by molar-refractivity contribution is 5.90. The van der Waals surface area contributed by atoms with E-state index in [1.165, 1.54) is 32.1 Å². The summed E-state index contributed by atoms with van der Waals surface area (Å²) < 4.78 is 5.66.